The number of thioether (sulfide) groups is 1. The average Bonchev–Trinajstić information content (AvgIpc) is 3.19. The number of carboxylic acid groups (broad SMARTS) is 1. The molecule has 2 heterocycles. The van der Waals surface area contributed by atoms with Gasteiger partial charge in [0.05, 0.1) is 23.6 Å². The molecule has 7 nitrogen and oxygen atoms in total. The molecular weight excluding hydrogens is 356 g/mol. The topological polar surface area (TPSA) is 88.8 Å². The van der Waals surface area contributed by atoms with E-state index in [0.29, 0.717) is 16.3 Å². The predicted octanol–water partition coefficient (Wildman–Crippen LogP) is 2.86. The van der Waals surface area contributed by atoms with Crippen molar-refractivity contribution in [1.29, 1.82) is 0 Å². The minimum atomic E-state index is -1.01. The molecule has 0 radical (unpaired) electrons. The molecule has 0 atom stereocenters. The molecule has 1 saturated heterocycles. The van der Waals surface area contributed by atoms with Crippen LogP contribution < -0.4 is 0 Å². The third kappa shape index (κ3) is 3.56. The Kier molecular flexibility index (Phi) is 5.24. The smallest absolute Gasteiger partial charge is 0.335 e. The third-order valence-corrected chi connectivity index (χ3v) is 4.73. The van der Waals surface area contributed by atoms with Crippen molar-refractivity contribution in [2.24, 2.45) is 0 Å². The lowest BCUT2D eigenvalue weighted by molar-refractivity contribution is -0.123. The van der Waals surface area contributed by atoms with Gasteiger partial charge in [0, 0.05) is 24.7 Å². The minimum absolute atomic E-state index is 0.169. The number of aromatic nitrogens is 1. The van der Waals surface area contributed by atoms with E-state index < -0.39 is 5.97 Å². The van der Waals surface area contributed by atoms with Crippen molar-refractivity contribution in [1.82, 2.24) is 9.47 Å². The molecule has 134 valence electrons. The summed E-state index contributed by atoms with van der Waals surface area (Å²) in [5.41, 5.74) is 1.49. The first-order valence-electron chi connectivity index (χ1n) is 7.76. The summed E-state index contributed by atoms with van der Waals surface area (Å²) < 4.78 is 6.68. The molecule has 2 amide bonds. The number of aromatic carboxylic acids is 1. The maximum Gasteiger partial charge on any atom is 0.335 e. The van der Waals surface area contributed by atoms with E-state index in [2.05, 4.69) is 0 Å². The molecule has 1 aliphatic heterocycles. The van der Waals surface area contributed by atoms with E-state index >= 15 is 0 Å². The number of ether oxygens (including phenoxy) is 1. The Balaban J connectivity index is 1.91. The molecule has 26 heavy (non-hydrogen) atoms. The van der Waals surface area contributed by atoms with Crippen molar-refractivity contribution in [3.8, 4) is 5.69 Å². The van der Waals surface area contributed by atoms with Gasteiger partial charge in [0.15, 0.2) is 0 Å². The van der Waals surface area contributed by atoms with Crippen LogP contribution in [0.2, 0.25) is 0 Å². The first kappa shape index (κ1) is 18.0. The zero-order chi connectivity index (χ0) is 18.7. The Bertz CT molecular complexity index is 902. The van der Waals surface area contributed by atoms with E-state index in [-0.39, 0.29) is 29.9 Å². The molecule has 8 heteroatoms. The normalized spacial score (nSPS) is 15.9. The summed E-state index contributed by atoms with van der Waals surface area (Å²) in [5, 5.41) is 8.82. The van der Waals surface area contributed by atoms with Crippen molar-refractivity contribution >= 4 is 35.0 Å². The molecule has 3 rings (SSSR count). The van der Waals surface area contributed by atoms with Gasteiger partial charge in [-0.1, -0.05) is 6.07 Å². The molecule has 2 aromatic rings. The monoisotopic (exact) mass is 372 g/mol. The fraction of sp³-hybridized carbons (Fsp3) is 0.167. The van der Waals surface area contributed by atoms with Crippen molar-refractivity contribution < 1.29 is 24.2 Å². The van der Waals surface area contributed by atoms with E-state index in [0.717, 1.165) is 16.7 Å². The lowest BCUT2D eigenvalue weighted by Gasteiger charge is -2.11. The fourth-order valence-electron chi connectivity index (χ4n) is 2.55. The summed E-state index contributed by atoms with van der Waals surface area (Å²) in [6, 6.07) is 10.1. The first-order valence-corrected chi connectivity index (χ1v) is 8.58. The highest BCUT2D eigenvalue weighted by molar-refractivity contribution is 8.18. The molecule has 0 spiro atoms. The molecule has 1 aliphatic rings. The highest BCUT2D eigenvalue weighted by Crippen LogP contribution is 2.32. The number of nitrogens with zero attached hydrogens (tertiary/aromatic N) is 2. The summed E-state index contributed by atoms with van der Waals surface area (Å²) >= 11 is 0.878. The number of carbonyl (C=O) groups excluding carboxylic acids is 2. The van der Waals surface area contributed by atoms with Crippen LogP contribution in [0.3, 0.4) is 0 Å². The second-order valence-electron chi connectivity index (χ2n) is 5.48. The van der Waals surface area contributed by atoms with Gasteiger partial charge in [-0.3, -0.25) is 14.5 Å². The van der Waals surface area contributed by atoms with Gasteiger partial charge in [-0.25, -0.2) is 4.79 Å². The first-order chi connectivity index (χ1) is 12.5. The number of hydrogen-bond acceptors (Lipinski definition) is 5. The summed E-state index contributed by atoms with van der Waals surface area (Å²) in [6.45, 7) is 0.490. The van der Waals surface area contributed by atoms with E-state index in [9.17, 15) is 14.4 Å². The largest absolute Gasteiger partial charge is 0.478 e. The van der Waals surface area contributed by atoms with E-state index in [1.165, 1.54) is 13.2 Å². The maximum atomic E-state index is 12.4. The van der Waals surface area contributed by atoms with Crippen molar-refractivity contribution in [3.05, 3.63) is 58.8 Å². The lowest BCUT2D eigenvalue weighted by Crippen LogP contribution is -2.31. The number of carbonyl (C=O) groups is 3. The second kappa shape index (κ2) is 7.59. The van der Waals surface area contributed by atoms with Gasteiger partial charge < -0.3 is 14.4 Å². The molecule has 1 fully saturated rings. The zero-order valence-electron chi connectivity index (χ0n) is 13.9. The van der Waals surface area contributed by atoms with Crippen molar-refractivity contribution in [3.63, 3.8) is 0 Å². The Morgan fingerprint density at radius 1 is 1.27 bits per heavy atom. The maximum absolute atomic E-state index is 12.4. The van der Waals surface area contributed by atoms with E-state index in [4.69, 9.17) is 9.84 Å². The molecule has 0 unspecified atom stereocenters. The number of amides is 2. The van der Waals surface area contributed by atoms with Crippen LogP contribution in [0.4, 0.5) is 4.79 Å². The van der Waals surface area contributed by atoms with Gasteiger partial charge in [-0.05, 0) is 48.2 Å². The van der Waals surface area contributed by atoms with Gasteiger partial charge in [0.1, 0.15) is 0 Å². The lowest BCUT2D eigenvalue weighted by atomic mass is 10.2. The van der Waals surface area contributed by atoms with Crippen LogP contribution in [-0.2, 0) is 9.53 Å². The third-order valence-electron chi connectivity index (χ3n) is 3.82. The number of carboxylic acids is 1. The molecule has 1 N–H and O–H groups in total. The molecule has 0 saturated carbocycles. The van der Waals surface area contributed by atoms with Crippen LogP contribution in [-0.4, -0.2) is 52.0 Å². The number of rotatable bonds is 6. The Labute approximate surface area is 153 Å². The number of methoxy groups -OCH3 is 1. The summed E-state index contributed by atoms with van der Waals surface area (Å²) in [6.07, 6.45) is 3.40. The van der Waals surface area contributed by atoms with Crippen LogP contribution in [0.1, 0.15) is 16.1 Å². The van der Waals surface area contributed by atoms with Gasteiger partial charge >= 0.3 is 5.97 Å². The van der Waals surface area contributed by atoms with Crippen LogP contribution in [0.25, 0.3) is 11.8 Å². The minimum Gasteiger partial charge on any atom is -0.478 e. The Morgan fingerprint density at radius 3 is 2.81 bits per heavy atom. The van der Waals surface area contributed by atoms with Gasteiger partial charge in [-0.2, -0.15) is 0 Å². The highest BCUT2D eigenvalue weighted by Gasteiger charge is 2.34. The van der Waals surface area contributed by atoms with Crippen LogP contribution >= 0.6 is 11.8 Å². The van der Waals surface area contributed by atoms with Crippen LogP contribution in [0.5, 0.6) is 0 Å². The average molecular weight is 372 g/mol. The molecular formula is C18H16N2O5S. The van der Waals surface area contributed by atoms with Crippen molar-refractivity contribution in [2.75, 3.05) is 20.3 Å². The number of imide groups is 1. The molecule has 0 bridgehead atoms. The summed E-state index contributed by atoms with van der Waals surface area (Å²) in [5.74, 6) is -1.37. The van der Waals surface area contributed by atoms with Gasteiger partial charge in [0.2, 0.25) is 0 Å². The van der Waals surface area contributed by atoms with Gasteiger partial charge in [0.25, 0.3) is 11.1 Å². The Hall–Kier alpha value is -2.84. The zero-order valence-corrected chi connectivity index (χ0v) is 14.7. The summed E-state index contributed by atoms with van der Waals surface area (Å²) in [4.78, 5) is 37.1. The van der Waals surface area contributed by atoms with E-state index in [1.54, 1.807) is 47.2 Å². The SMILES string of the molecule is COCCN1C(=O)S/C(=C/c2cccn2-c2cccc(C(=O)O)c2)C1=O. The quantitative estimate of drug-likeness (QED) is 0.785. The van der Waals surface area contributed by atoms with E-state index in [1.807, 2.05) is 0 Å². The predicted molar refractivity (Wildman–Crippen MR) is 97.3 cm³/mol. The number of hydrogen-bond donors (Lipinski definition) is 1. The molecule has 1 aromatic heterocycles. The Morgan fingerprint density at radius 2 is 2.08 bits per heavy atom. The van der Waals surface area contributed by atoms with Crippen LogP contribution in [0.15, 0.2) is 47.5 Å². The summed E-state index contributed by atoms with van der Waals surface area (Å²) in [7, 11) is 1.51. The van der Waals surface area contributed by atoms with Gasteiger partial charge in [-0.15, -0.1) is 0 Å². The second-order valence-corrected chi connectivity index (χ2v) is 6.48. The molecule has 0 aliphatic carbocycles. The highest BCUT2D eigenvalue weighted by atomic mass is 32.2. The number of benzene rings is 1. The molecule has 1 aromatic carbocycles. The van der Waals surface area contributed by atoms with Crippen molar-refractivity contribution in [2.45, 2.75) is 0 Å². The fourth-order valence-corrected chi connectivity index (χ4v) is 3.39. The van der Waals surface area contributed by atoms with Crippen LogP contribution in [0, 0.1) is 0 Å². The standard InChI is InChI=1S/C18H16N2O5S/c1-25-9-8-20-16(21)15(26-18(20)24)11-14-6-3-7-19(14)13-5-2-4-12(10-13)17(22)23/h2-7,10-11H,8-9H2,1H3,(H,22,23)/b15-11+.